The summed E-state index contributed by atoms with van der Waals surface area (Å²) >= 11 is 0. The van der Waals surface area contributed by atoms with Crippen LogP contribution in [0.15, 0.2) is 36.4 Å². The summed E-state index contributed by atoms with van der Waals surface area (Å²) in [6, 6.07) is 10.6. The van der Waals surface area contributed by atoms with Crippen molar-refractivity contribution in [1.29, 1.82) is 0 Å². The molecule has 0 atom stereocenters. The molecule has 0 unspecified atom stereocenters. The maximum absolute atomic E-state index is 12.6. The van der Waals surface area contributed by atoms with E-state index < -0.39 is 17.3 Å². The second-order valence-corrected chi connectivity index (χ2v) is 5.74. The fourth-order valence-electron chi connectivity index (χ4n) is 2.59. The molecule has 4 heteroatoms. The molecule has 4 nitrogen and oxygen atoms in total. The molecule has 0 aliphatic rings. The highest BCUT2D eigenvalue weighted by molar-refractivity contribution is 6.70. The van der Waals surface area contributed by atoms with Crippen LogP contribution in [-0.4, -0.2) is 22.1 Å². The van der Waals surface area contributed by atoms with Crippen molar-refractivity contribution in [1.82, 2.24) is 0 Å². The molecule has 2 aromatic rings. The van der Waals surface area contributed by atoms with Crippen LogP contribution in [0.1, 0.15) is 43.0 Å². The number of benzene rings is 2. The normalized spacial score (nSPS) is 10.1. The largest absolute Gasteiger partial charge is 0.410 e. The van der Waals surface area contributed by atoms with Crippen molar-refractivity contribution in [3.05, 3.63) is 75.3 Å². The van der Waals surface area contributed by atoms with Gasteiger partial charge < -0.3 is 5.53 Å². The quantitative estimate of drug-likeness (QED) is 0.284. The lowest BCUT2D eigenvalue weighted by Crippen LogP contribution is -2.27. The number of aryl methyl sites for hydroxylation is 4. The average Bonchev–Trinajstić information content (AvgIpc) is 2.47. The summed E-state index contributed by atoms with van der Waals surface area (Å²) in [6.07, 6.45) is 0. The van der Waals surface area contributed by atoms with Crippen LogP contribution in [0.2, 0.25) is 0 Å². The van der Waals surface area contributed by atoms with E-state index in [9.17, 15) is 15.1 Å². The highest BCUT2D eigenvalue weighted by atomic mass is 16.2. The number of carbonyl (C=O) groups excluding carboxylic acids is 2. The summed E-state index contributed by atoms with van der Waals surface area (Å²) in [4.78, 5) is 28.2. The predicted molar refractivity (Wildman–Crippen MR) is 89.1 cm³/mol. The molecule has 2 rings (SSSR count). The molecule has 0 N–H and O–H groups in total. The summed E-state index contributed by atoms with van der Waals surface area (Å²) in [5.74, 6) is -1.15. The van der Waals surface area contributed by atoms with Crippen LogP contribution in [0.5, 0.6) is 0 Å². The summed E-state index contributed by atoms with van der Waals surface area (Å²) in [5.41, 5.74) is 13.0. The topological polar surface area (TPSA) is 70.5 Å². The lowest BCUT2D eigenvalue weighted by Gasteiger charge is -2.05. The summed E-state index contributed by atoms with van der Waals surface area (Å²) in [6.45, 7) is 7.42. The van der Waals surface area contributed by atoms with Crippen LogP contribution < -0.4 is 0 Å². The molecule has 2 aromatic carbocycles. The zero-order valence-corrected chi connectivity index (χ0v) is 13.7. The molecule has 0 amide bonds. The van der Waals surface area contributed by atoms with Gasteiger partial charge in [0.25, 0.3) is 11.6 Å². The monoisotopic (exact) mass is 306 g/mol. The molecule has 0 aliphatic heterocycles. The van der Waals surface area contributed by atoms with Crippen molar-refractivity contribution in [2.75, 3.05) is 0 Å². The lowest BCUT2D eigenvalue weighted by atomic mass is 9.93. The van der Waals surface area contributed by atoms with Crippen LogP contribution in [-0.2, 0) is 0 Å². The van der Waals surface area contributed by atoms with E-state index >= 15 is 0 Å². The number of Topliss-reactive ketones (excluding diaryl/α,β-unsaturated/α-hetero) is 2. The Morgan fingerprint density at radius 1 is 0.783 bits per heavy atom. The number of ketones is 2. The summed E-state index contributed by atoms with van der Waals surface area (Å²) in [5, 5.41) is 0. The minimum absolute atomic E-state index is 0.363. The van der Waals surface area contributed by atoms with Gasteiger partial charge in [0.05, 0.1) is 0 Å². The molecule has 0 fully saturated rings. The van der Waals surface area contributed by atoms with E-state index in [2.05, 4.69) is 4.79 Å². The Labute approximate surface area is 135 Å². The van der Waals surface area contributed by atoms with Gasteiger partial charge in [-0.1, -0.05) is 47.5 Å². The number of hydrogen-bond donors (Lipinski definition) is 0. The van der Waals surface area contributed by atoms with Gasteiger partial charge in [-0.3, -0.25) is 9.59 Å². The SMILES string of the molecule is Cc1ccc(C(=O)C(=[N+]=[N-])C(=O)c2ccc(C)cc2C)c(C)c1. The van der Waals surface area contributed by atoms with E-state index in [-0.39, 0.29) is 0 Å². The van der Waals surface area contributed by atoms with Gasteiger partial charge in [0, 0.05) is 11.1 Å². The molecule has 23 heavy (non-hydrogen) atoms. The van der Waals surface area contributed by atoms with Crippen LogP contribution >= 0.6 is 0 Å². The lowest BCUT2D eigenvalue weighted by molar-refractivity contribution is -0.00700. The van der Waals surface area contributed by atoms with Crippen LogP contribution in [0.3, 0.4) is 0 Å². The van der Waals surface area contributed by atoms with Crippen molar-refractivity contribution in [3.8, 4) is 0 Å². The molecular formula is C19H18N2O2. The smallest absolute Gasteiger partial charge is 0.360 e. The molecule has 0 saturated carbocycles. The number of nitrogens with zero attached hydrogens (tertiary/aromatic N) is 2. The van der Waals surface area contributed by atoms with Gasteiger partial charge in [-0.2, -0.15) is 4.79 Å². The van der Waals surface area contributed by atoms with Crippen molar-refractivity contribution in [2.45, 2.75) is 27.7 Å². The Hall–Kier alpha value is -2.84. The fourth-order valence-corrected chi connectivity index (χ4v) is 2.59. The minimum atomic E-state index is -0.574. The van der Waals surface area contributed by atoms with Crippen LogP contribution in [0.4, 0.5) is 0 Å². The van der Waals surface area contributed by atoms with Gasteiger partial charge >= 0.3 is 5.71 Å². The van der Waals surface area contributed by atoms with E-state index in [1.54, 1.807) is 38.1 Å². The Bertz CT molecular complexity index is 794. The first-order valence-electron chi connectivity index (χ1n) is 7.31. The molecule has 0 bridgehead atoms. The van der Waals surface area contributed by atoms with Crippen molar-refractivity contribution >= 4 is 17.3 Å². The standard InChI is InChI=1S/C19H18N2O2/c1-11-5-7-15(13(3)9-11)18(22)17(21-20)19(23)16-8-6-12(2)10-14(16)4/h5-10H,1-4H3. The third kappa shape index (κ3) is 3.33. The highest BCUT2D eigenvalue weighted by Gasteiger charge is 2.33. The Kier molecular flexibility index (Phi) is 4.68. The first-order chi connectivity index (χ1) is 10.8. The van der Waals surface area contributed by atoms with Crippen molar-refractivity contribution in [2.24, 2.45) is 0 Å². The summed E-state index contributed by atoms with van der Waals surface area (Å²) < 4.78 is 0. The molecular weight excluding hydrogens is 288 g/mol. The molecule has 0 aromatic heterocycles. The summed E-state index contributed by atoms with van der Waals surface area (Å²) in [7, 11) is 0. The van der Waals surface area contributed by atoms with E-state index in [1.807, 2.05) is 26.0 Å². The zero-order valence-electron chi connectivity index (χ0n) is 13.7. The van der Waals surface area contributed by atoms with Gasteiger partial charge in [0.1, 0.15) is 0 Å². The van der Waals surface area contributed by atoms with Gasteiger partial charge in [-0.15, -0.1) is 0 Å². The third-order valence-corrected chi connectivity index (χ3v) is 3.78. The Morgan fingerprint density at radius 2 is 1.17 bits per heavy atom. The zero-order chi connectivity index (χ0) is 17.1. The molecule has 0 radical (unpaired) electrons. The third-order valence-electron chi connectivity index (χ3n) is 3.78. The van der Waals surface area contributed by atoms with Gasteiger partial charge in [0.2, 0.25) is 0 Å². The number of hydrogen-bond acceptors (Lipinski definition) is 2. The van der Waals surface area contributed by atoms with Crippen molar-refractivity contribution in [3.63, 3.8) is 0 Å². The second kappa shape index (κ2) is 6.51. The number of carbonyl (C=O) groups is 2. The molecule has 0 heterocycles. The fraction of sp³-hybridized carbons (Fsp3) is 0.211. The van der Waals surface area contributed by atoms with Gasteiger partial charge in [0.15, 0.2) is 0 Å². The molecule has 0 aliphatic carbocycles. The highest BCUT2D eigenvalue weighted by Crippen LogP contribution is 2.15. The van der Waals surface area contributed by atoms with Crippen LogP contribution in [0.25, 0.3) is 5.53 Å². The molecule has 0 spiro atoms. The van der Waals surface area contributed by atoms with E-state index in [0.29, 0.717) is 11.1 Å². The molecule has 0 saturated heterocycles. The maximum atomic E-state index is 12.6. The van der Waals surface area contributed by atoms with Gasteiger partial charge in [-0.05, 0) is 38.8 Å². The molecule has 116 valence electrons. The predicted octanol–water partition coefficient (Wildman–Crippen LogP) is 3.66. The maximum Gasteiger partial charge on any atom is 0.410 e. The second-order valence-electron chi connectivity index (χ2n) is 5.74. The number of rotatable bonds is 4. The minimum Gasteiger partial charge on any atom is -0.360 e. The average molecular weight is 306 g/mol. The van der Waals surface area contributed by atoms with E-state index in [0.717, 1.165) is 22.3 Å². The van der Waals surface area contributed by atoms with Gasteiger partial charge in [-0.25, -0.2) is 0 Å². The van der Waals surface area contributed by atoms with Crippen molar-refractivity contribution < 1.29 is 14.4 Å². The first-order valence-corrected chi connectivity index (χ1v) is 7.31. The van der Waals surface area contributed by atoms with E-state index in [1.165, 1.54) is 0 Å². The van der Waals surface area contributed by atoms with E-state index in [4.69, 9.17) is 0 Å². The Morgan fingerprint density at radius 3 is 1.48 bits per heavy atom. The van der Waals surface area contributed by atoms with Crippen LogP contribution in [0, 0.1) is 27.7 Å². The first kappa shape index (κ1) is 16.5. The Balaban J connectivity index is 2.45.